The molecule has 113 heavy (non-hydrogen) atoms. The largest absolute Gasteiger partial charge is 0.510 e. The number of carbonyl (C=O) groups is 7. The molecular formula is C82H112N4O27. The minimum Gasteiger partial charge on any atom is -0.510 e. The van der Waals surface area contributed by atoms with E-state index in [9.17, 15) is 110 Å². The number of hydrogen-bond donors (Lipinski definition) is 18. The number of hydrogen-bond acceptors (Lipinski definition) is 30. The molecule has 6 aliphatic rings. The van der Waals surface area contributed by atoms with Crippen LogP contribution in [-0.4, -0.2) is 260 Å². The first kappa shape index (κ1) is 91.9. The first-order valence-corrected chi connectivity index (χ1v) is 37.8. The molecule has 2 saturated heterocycles. The summed E-state index contributed by atoms with van der Waals surface area (Å²) in [6.07, 6.45) is 2.72. The minimum absolute atomic E-state index is 0.103. The highest BCUT2D eigenvalue weighted by atomic mass is 16.7. The summed E-state index contributed by atoms with van der Waals surface area (Å²) in [6.45, 7) is 6.65. The maximum atomic E-state index is 13.3. The number of Topliss-reactive ketones (excluding diaryl/α,β-unsaturated/α-hetero) is 4. The van der Waals surface area contributed by atoms with Gasteiger partial charge in [-0.3, -0.25) is 38.5 Å². The number of ether oxygens (including phenoxy) is 5. The lowest BCUT2D eigenvalue weighted by molar-refractivity contribution is -0.308. The molecule has 2 bridgehead atoms. The van der Waals surface area contributed by atoms with E-state index in [0.29, 0.717) is 12.0 Å². The maximum absolute atomic E-state index is 13.3. The molecule has 2 aromatic carbocycles. The van der Waals surface area contributed by atoms with Gasteiger partial charge in [0.15, 0.2) is 29.2 Å². The van der Waals surface area contributed by atoms with E-state index in [1.807, 2.05) is 19.9 Å². The number of esters is 2. The number of primary amides is 1. The van der Waals surface area contributed by atoms with Crippen LogP contribution in [-0.2, 0) is 53.3 Å². The van der Waals surface area contributed by atoms with Gasteiger partial charge in [0.2, 0.25) is 5.78 Å². The van der Waals surface area contributed by atoms with Gasteiger partial charge in [0.1, 0.15) is 46.8 Å². The van der Waals surface area contributed by atoms with Crippen LogP contribution in [0.4, 0.5) is 5.69 Å². The normalized spacial score (nSPS) is 36.7. The Morgan fingerprint density at radius 2 is 1.29 bits per heavy atom. The molecule has 3 heterocycles. The molecule has 20 N–H and O–H groups in total. The number of rotatable bonds is 13. The predicted molar refractivity (Wildman–Crippen MR) is 409 cm³/mol. The number of nitrogens with one attached hydrogen (secondary N) is 1. The number of aliphatic hydroxyl groups excluding tert-OH is 11. The molecular weight excluding hydrogens is 1470 g/mol. The Kier molecular flexibility index (Phi) is 33.2. The van der Waals surface area contributed by atoms with Crippen LogP contribution in [0, 0.1) is 29.6 Å². The molecule has 8 rings (SSSR count). The number of aliphatic hydroxyl groups is 14. The van der Waals surface area contributed by atoms with Crippen LogP contribution in [0.5, 0.6) is 5.75 Å². The number of fused-ring (bicyclic) bond motifs is 5. The van der Waals surface area contributed by atoms with E-state index in [-0.39, 0.29) is 67.3 Å². The number of nitrogens with two attached hydrogens (primary N) is 2. The summed E-state index contributed by atoms with van der Waals surface area (Å²) in [5.74, 6) is -14.7. The number of aromatic hydroxyl groups is 1. The summed E-state index contributed by atoms with van der Waals surface area (Å²) >= 11 is 0. The highest BCUT2D eigenvalue weighted by Crippen LogP contribution is 2.57. The lowest BCUT2D eigenvalue weighted by atomic mass is 9.55. The molecule has 24 atom stereocenters. The van der Waals surface area contributed by atoms with Crippen LogP contribution < -0.4 is 16.8 Å². The standard InChI is InChI=1S/C60H88N2O19.C22H24N2O8/c1-36-18-16-14-12-10-8-6-7-9-11-13-15-17-19-48(79-59-56(74)54(61)55(73)38(3)78-59)33-51-53(58(75)77-5)50(71)35-60(76,81-51)34-47(69)30-45(67)28-43(65)26-42(64)27-44(66)29-46(68)32-52(72)80-57(36)37(2)20-25-41(63)31-49(70)39-21-23-40(62-4)24-22-39;1-21(31)8-5-4-6-11(25)12(8)16(26)13-9(21)7-10-15(24(2)3)17(27)14(20(23)30)19(29)22(10,32)18(13)28/h6-19,21-24,36-38,41-43,45-48,50-51,53-57,59,62-65,67-69,71,73-74,76H,20,25-35,61H2,1-5H3;4-6,9-10,15,25,27-28,31-32H,7H2,1-3H3,(H2,23,30)/b7-6-,10-8-,11-9-,14-12-,15-13-,18-16-,19-17-;/t36?,37?,38-,41?,42?,43?,45?,46?,47?,48?,50?,51?,53?,54+,55-,56+,57?,59+,60?;9-,10-,15-,21+,22-/m10/s1. The Labute approximate surface area is 655 Å². The number of anilines is 1. The van der Waals surface area contributed by atoms with Gasteiger partial charge in [-0.2, -0.15) is 0 Å². The van der Waals surface area contributed by atoms with E-state index < -0.39 is 235 Å². The van der Waals surface area contributed by atoms with Crippen molar-refractivity contribution >= 4 is 46.7 Å². The molecule has 3 aliphatic heterocycles. The Balaban J connectivity index is 0.000000455. The number of allylic oxidation sites excluding steroid dienone is 12. The maximum Gasteiger partial charge on any atom is 0.313 e. The molecule has 0 radical (unpaired) electrons. The number of ketones is 4. The van der Waals surface area contributed by atoms with E-state index in [4.69, 9.17) is 35.2 Å². The van der Waals surface area contributed by atoms with E-state index >= 15 is 0 Å². The van der Waals surface area contributed by atoms with E-state index in [2.05, 4.69) is 5.32 Å². The van der Waals surface area contributed by atoms with Gasteiger partial charge < -0.3 is 117 Å². The SMILES string of the molecule is CN(C)[C@@H]1C(O)=C(C(N)=O)C(=O)[C@@]2(O)C(O)=C3C(=O)c4c(O)cccc4[C@@](C)(O)[C@H]3C[C@@H]12.CNc1ccc(C(=O)CC(O)CCC(C)C2OC(=O)CC(O)CC(=O)CC(O)CC(O)CC(O)CC(O)CC3(O)CC(O)C(C(=O)OC)C(CC(O[C@@H]4O[C@H](C)[C@@H](O)[C@H](N)[C@@H]4O)\C=C/C=C\C=C/C=C\C=C/C=C\C=C/C2C)O3)cc1. The van der Waals surface area contributed by atoms with Crippen molar-refractivity contribution < 1.29 is 134 Å². The third kappa shape index (κ3) is 23.3. The van der Waals surface area contributed by atoms with Gasteiger partial charge >= 0.3 is 11.9 Å². The van der Waals surface area contributed by atoms with Crippen molar-refractivity contribution in [2.24, 2.45) is 41.1 Å². The smallest absolute Gasteiger partial charge is 0.313 e. The summed E-state index contributed by atoms with van der Waals surface area (Å²) in [6, 6.07) is 8.82. The molecule has 31 nitrogen and oxygen atoms in total. The fraction of sp³-hybridized carbons (Fsp3) is 0.549. The van der Waals surface area contributed by atoms with Gasteiger partial charge in [-0.05, 0) is 108 Å². The summed E-state index contributed by atoms with van der Waals surface area (Å²) in [4.78, 5) is 92.2. The summed E-state index contributed by atoms with van der Waals surface area (Å²) in [5.41, 5.74) is 6.73. The zero-order valence-corrected chi connectivity index (χ0v) is 64.7. The average Bonchev–Trinajstić information content (AvgIpc) is 0.689. The monoisotopic (exact) mass is 1580 g/mol. The molecule has 1 amide bonds. The molecule has 622 valence electrons. The molecule has 14 unspecified atom stereocenters. The molecule has 0 saturated carbocycles. The van der Waals surface area contributed by atoms with Crippen molar-refractivity contribution in [1.29, 1.82) is 0 Å². The fourth-order valence-electron chi connectivity index (χ4n) is 15.7. The fourth-order valence-corrected chi connectivity index (χ4v) is 15.7. The van der Waals surface area contributed by atoms with Crippen LogP contribution in [0.2, 0.25) is 0 Å². The quantitative estimate of drug-likeness (QED) is 0.0778. The number of benzene rings is 2. The van der Waals surface area contributed by atoms with Gasteiger partial charge in [0.05, 0.1) is 104 Å². The highest BCUT2D eigenvalue weighted by Gasteiger charge is 2.66. The molecule has 31 heteroatoms. The highest BCUT2D eigenvalue weighted by molar-refractivity contribution is 6.25. The lowest BCUT2D eigenvalue weighted by Crippen LogP contribution is -2.65. The van der Waals surface area contributed by atoms with Crippen molar-refractivity contribution in [3.05, 3.63) is 167 Å². The molecule has 0 spiro atoms. The van der Waals surface area contributed by atoms with Crippen molar-refractivity contribution in [3.8, 4) is 5.75 Å². The van der Waals surface area contributed by atoms with Crippen LogP contribution in [0.15, 0.2) is 150 Å². The lowest BCUT2D eigenvalue weighted by Gasteiger charge is -2.52. The topological polar surface area (TPSA) is 536 Å². The van der Waals surface area contributed by atoms with Crippen LogP contribution in [0.3, 0.4) is 0 Å². The molecule has 0 aromatic heterocycles. The Hall–Kier alpha value is -8.29. The van der Waals surface area contributed by atoms with E-state index in [0.717, 1.165) is 12.8 Å². The Morgan fingerprint density at radius 3 is 1.88 bits per heavy atom. The van der Waals surface area contributed by atoms with E-state index in [1.54, 1.807) is 117 Å². The predicted octanol–water partition coefficient (Wildman–Crippen LogP) is 2.62. The number of cyclic esters (lactones) is 1. The number of phenols is 1. The zero-order valence-electron chi connectivity index (χ0n) is 64.7. The second-order valence-corrected chi connectivity index (χ2v) is 30.6. The third-order valence-corrected chi connectivity index (χ3v) is 21.6. The van der Waals surface area contributed by atoms with Crippen LogP contribution >= 0.6 is 0 Å². The molecule has 2 aromatic rings. The summed E-state index contributed by atoms with van der Waals surface area (Å²) < 4.78 is 28.9. The number of carbonyl (C=O) groups excluding carboxylic acids is 7. The molecule has 2 fully saturated rings. The van der Waals surface area contributed by atoms with Gasteiger partial charge in [0, 0.05) is 80.2 Å². The third-order valence-electron chi connectivity index (χ3n) is 21.6. The summed E-state index contributed by atoms with van der Waals surface area (Å²) in [5, 5.41) is 168. The number of amides is 1. The number of phenolic OH excluding ortho intramolecular Hbond substituents is 1. The number of likely N-dealkylation sites (N-methyl/N-ethyl adjacent to an activating group) is 1. The Morgan fingerprint density at radius 1 is 0.717 bits per heavy atom. The number of methoxy groups -OCH3 is 1. The first-order chi connectivity index (χ1) is 53.2. The van der Waals surface area contributed by atoms with Crippen molar-refractivity contribution in [2.75, 3.05) is 33.6 Å². The first-order valence-electron chi connectivity index (χ1n) is 37.8. The van der Waals surface area contributed by atoms with Crippen molar-refractivity contribution in [2.45, 2.75) is 226 Å². The van der Waals surface area contributed by atoms with Gasteiger partial charge in [-0.25, -0.2) is 0 Å². The second-order valence-electron chi connectivity index (χ2n) is 30.6. The Bertz CT molecular complexity index is 3940. The zero-order chi connectivity index (χ0) is 83.7. The average molecular weight is 1590 g/mol. The van der Waals surface area contributed by atoms with Crippen LogP contribution in [0.1, 0.15) is 137 Å². The summed E-state index contributed by atoms with van der Waals surface area (Å²) in [7, 11) is 5.94. The second kappa shape index (κ2) is 40.8. The number of nitrogens with zero attached hydrogens (tertiary/aromatic N) is 1. The van der Waals surface area contributed by atoms with Gasteiger partial charge in [-0.15, -0.1) is 0 Å². The van der Waals surface area contributed by atoms with E-state index in [1.165, 1.54) is 44.1 Å². The van der Waals surface area contributed by atoms with Crippen molar-refractivity contribution in [1.82, 2.24) is 4.90 Å². The van der Waals surface area contributed by atoms with Gasteiger partial charge in [-0.1, -0.05) is 111 Å². The van der Waals surface area contributed by atoms with Crippen molar-refractivity contribution in [3.63, 3.8) is 0 Å². The van der Waals surface area contributed by atoms with Gasteiger partial charge in [0.25, 0.3) is 5.91 Å². The van der Waals surface area contributed by atoms with Crippen LogP contribution in [0.25, 0.3) is 0 Å². The minimum atomic E-state index is -2.75. The molecule has 3 aliphatic carbocycles.